The van der Waals surface area contributed by atoms with Gasteiger partial charge in [0.2, 0.25) is 10.0 Å². The molecule has 6 nitrogen and oxygen atoms in total. The topological polar surface area (TPSA) is 69.7 Å². The number of nitrogens with one attached hydrogen (secondary N) is 1. The van der Waals surface area contributed by atoms with E-state index >= 15 is 0 Å². The molecule has 1 N–H and O–H groups in total. The molecule has 8 heteroatoms. The van der Waals surface area contributed by atoms with Crippen molar-refractivity contribution in [3.8, 4) is 0 Å². The van der Waals surface area contributed by atoms with Crippen LogP contribution in [0.2, 0.25) is 5.02 Å². The average molecular weight is 422 g/mol. The molecule has 0 spiro atoms. The van der Waals surface area contributed by atoms with E-state index in [2.05, 4.69) is 5.32 Å². The zero-order chi connectivity index (χ0) is 20.1. The molecule has 0 aliphatic carbocycles. The normalized spacial score (nSPS) is 15.4. The summed E-state index contributed by atoms with van der Waals surface area (Å²) in [5.74, 6) is 0. The predicted molar refractivity (Wildman–Crippen MR) is 110 cm³/mol. The number of nitrogens with zero attached hydrogens (tertiary/aromatic N) is 2. The lowest BCUT2D eigenvalue weighted by Gasteiger charge is -2.34. The molecule has 28 heavy (non-hydrogen) atoms. The van der Waals surface area contributed by atoms with Gasteiger partial charge in [0.05, 0.1) is 4.90 Å². The Hall–Kier alpha value is -2.09. The van der Waals surface area contributed by atoms with E-state index in [1.807, 2.05) is 31.2 Å². The number of hydrogen-bond acceptors (Lipinski definition) is 3. The van der Waals surface area contributed by atoms with Crippen molar-refractivity contribution >= 4 is 27.7 Å². The van der Waals surface area contributed by atoms with Crippen molar-refractivity contribution < 1.29 is 13.2 Å². The monoisotopic (exact) mass is 421 g/mol. The summed E-state index contributed by atoms with van der Waals surface area (Å²) in [6.45, 7) is 3.76. The Labute approximate surface area is 171 Å². The van der Waals surface area contributed by atoms with Crippen molar-refractivity contribution in [2.24, 2.45) is 0 Å². The number of sulfonamides is 1. The summed E-state index contributed by atoms with van der Waals surface area (Å²) in [6, 6.07) is 14.2. The number of urea groups is 1. The Bertz CT molecular complexity index is 907. The van der Waals surface area contributed by atoms with Crippen LogP contribution in [0.5, 0.6) is 0 Å². The first-order valence-electron chi connectivity index (χ1n) is 9.20. The maximum atomic E-state index is 12.7. The number of hydrogen-bond donors (Lipinski definition) is 1. The third-order valence-corrected chi connectivity index (χ3v) is 6.95. The Morgan fingerprint density at radius 3 is 2.21 bits per heavy atom. The molecule has 2 amide bonds. The maximum absolute atomic E-state index is 12.7. The Balaban J connectivity index is 1.48. The summed E-state index contributed by atoms with van der Waals surface area (Å²) in [4.78, 5) is 14.3. The number of carbonyl (C=O) groups excluding carboxylic acids is 1. The van der Waals surface area contributed by atoms with E-state index in [9.17, 15) is 13.2 Å². The lowest BCUT2D eigenvalue weighted by molar-refractivity contribution is 0.172. The molecule has 3 rings (SSSR count). The molecule has 0 saturated carbocycles. The van der Waals surface area contributed by atoms with Gasteiger partial charge in [-0.3, -0.25) is 0 Å². The van der Waals surface area contributed by atoms with Gasteiger partial charge < -0.3 is 10.2 Å². The van der Waals surface area contributed by atoms with Crippen LogP contribution in [0, 0.1) is 6.92 Å². The highest BCUT2D eigenvalue weighted by molar-refractivity contribution is 7.89. The van der Waals surface area contributed by atoms with E-state index in [0.717, 1.165) is 11.1 Å². The van der Waals surface area contributed by atoms with Gasteiger partial charge in [0.25, 0.3) is 0 Å². The fourth-order valence-corrected chi connectivity index (χ4v) is 4.62. The lowest BCUT2D eigenvalue weighted by atomic mass is 10.1. The standard InChI is InChI=1S/C20H24ClN3O3S/c1-16-2-8-19(9-3-16)28(26,27)24-14-12-23(13-15-24)20(25)22-11-10-17-4-6-18(21)7-5-17/h2-9H,10-15H2,1H3,(H,22,25). The summed E-state index contributed by atoms with van der Waals surface area (Å²) >= 11 is 5.86. The van der Waals surface area contributed by atoms with Crippen LogP contribution >= 0.6 is 11.6 Å². The lowest BCUT2D eigenvalue weighted by Crippen LogP contribution is -2.53. The van der Waals surface area contributed by atoms with E-state index < -0.39 is 10.0 Å². The first-order chi connectivity index (χ1) is 13.4. The molecule has 1 saturated heterocycles. The number of aryl methyl sites for hydroxylation is 1. The van der Waals surface area contributed by atoms with Gasteiger partial charge in [-0.15, -0.1) is 0 Å². The maximum Gasteiger partial charge on any atom is 0.317 e. The number of piperazine rings is 1. The van der Waals surface area contributed by atoms with Crippen LogP contribution in [0.3, 0.4) is 0 Å². The molecule has 1 fully saturated rings. The molecule has 0 bridgehead atoms. The number of carbonyl (C=O) groups is 1. The number of rotatable bonds is 5. The van der Waals surface area contributed by atoms with E-state index in [1.165, 1.54) is 4.31 Å². The molecule has 1 aliphatic heterocycles. The van der Waals surface area contributed by atoms with Gasteiger partial charge in [-0.05, 0) is 43.2 Å². The summed E-state index contributed by atoms with van der Waals surface area (Å²) in [6.07, 6.45) is 0.713. The number of benzene rings is 2. The fraction of sp³-hybridized carbons (Fsp3) is 0.350. The molecular weight excluding hydrogens is 398 g/mol. The molecular formula is C20H24ClN3O3S. The minimum absolute atomic E-state index is 0.165. The van der Waals surface area contributed by atoms with E-state index in [1.54, 1.807) is 29.2 Å². The van der Waals surface area contributed by atoms with Crippen LogP contribution in [0.1, 0.15) is 11.1 Å². The van der Waals surface area contributed by atoms with Crippen LogP contribution in [0.4, 0.5) is 4.79 Å². The molecule has 0 aromatic heterocycles. The highest BCUT2D eigenvalue weighted by atomic mass is 35.5. The van der Waals surface area contributed by atoms with Gasteiger partial charge in [0.1, 0.15) is 0 Å². The number of amides is 2. The SMILES string of the molecule is Cc1ccc(S(=O)(=O)N2CCN(C(=O)NCCc3ccc(Cl)cc3)CC2)cc1. The zero-order valence-corrected chi connectivity index (χ0v) is 17.3. The summed E-state index contributed by atoms with van der Waals surface area (Å²) in [5, 5.41) is 3.58. The second-order valence-electron chi connectivity index (χ2n) is 6.81. The highest BCUT2D eigenvalue weighted by Crippen LogP contribution is 2.18. The smallest absolute Gasteiger partial charge is 0.317 e. The van der Waals surface area contributed by atoms with Crippen molar-refractivity contribution in [3.05, 3.63) is 64.7 Å². The van der Waals surface area contributed by atoms with Gasteiger partial charge in [0, 0.05) is 37.7 Å². The second kappa shape index (κ2) is 8.94. The van der Waals surface area contributed by atoms with Crippen LogP contribution in [0.15, 0.2) is 53.4 Å². The Morgan fingerprint density at radius 2 is 1.61 bits per heavy atom. The quantitative estimate of drug-likeness (QED) is 0.806. The third-order valence-electron chi connectivity index (χ3n) is 4.79. The molecule has 1 heterocycles. The van der Waals surface area contributed by atoms with Crippen molar-refractivity contribution in [2.75, 3.05) is 32.7 Å². The fourth-order valence-electron chi connectivity index (χ4n) is 3.07. The van der Waals surface area contributed by atoms with Gasteiger partial charge >= 0.3 is 6.03 Å². The average Bonchev–Trinajstić information content (AvgIpc) is 2.70. The van der Waals surface area contributed by atoms with Crippen molar-refractivity contribution in [2.45, 2.75) is 18.2 Å². The van der Waals surface area contributed by atoms with Crippen molar-refractivity contribution in [1.82, 2.24) is 14.5 Å². The highest BCUT2D eigenvalue weighted by Gasteiger charge is 2.29. The summed E-state index contributed by atoms with van der Waals surface area (Å²) in [5.41, 5.74) is 2.11. The summed E-state index contributed by atoms with van der Waals surface area (Å²) in [7, 11) is -3.52. The molecule has 0 radical (unpaired) electrons. The minimum atomic E-state index is -3.52. The predicted octanol–water partition coefficient (Wildman–Crippen LogP) is 2.91. The van der Waals surface area contributed by atoms with Gasteiger partial charge in [-0.25, -0.2) is 13.2 Å². The third kappa shape index (κ3) is 5.04. The van der Waals surface area contributed by atoms with Crippen LogP contribution < -0.4 is 5.32 Å². The van der Waals surface area contributed by atoms with Crippen LogP contribution in [-0.4, -0.2) is 56.4 Å². The first kappa shape index (κ1) is 20.6. The molecule has 0 unspecified atom stereocenters. The van der Waals surface area contributed by atoms with Crippen molar-refractivity contribution in [1.29, 1.82) is 0 Å². The van der Waals surface area contributed by atoms with E-state index in [0.29, 0.717) is 49.1 Å². The molecule has 1 aliphatic rings. The second-order valence-corrected chi connectivity index (χ2v) is 9.19. The Morgan fingerprint density at radius 1 is 1.00 bits per heavy atom. The van der Waals surface area contributed by atoms with E-state index in [4.69, 9.17) is 11.6 Å². The molecule has 2 aromatic rings. The van der Waals surface area contributed by atoms with Crippen LogP contribution in [-0.2, 0) is 16.4 Å². The zero-order valence-electron chi connectivity index (χ0n) is 15.8. The number of halogens is 1. The van der Waals surface area contributed by atoms with Crippen LogP contribution in [0.25, 0.3) is 0 Å². The Kier molecular flexibility index (Phi) is 6.59. The molecule has 0 atom stereocenters. The summed E-state index contributed by atoms with van der Waals surface area (Å²) < 4.78 is 26.9. The van der Waals surface area contributed by atoms with Gasteiger partial charge in [-0.1, -0.05) is 41.4 Å². The van der Waals surface area contributed by atoms with E-state index in [-0.39, 0.29) is 6.03 Å². The largest absolute Gasteiger partial charge is 0.338 e. The van der Waals surface area contributed by atoms with Gasteiger partial charge in [0.15, 0.2) is 0 Å². The van der Waals surface area contributed by atoms with Gasteiger partial charge in [-0.2, -0.15) is 4.31 Å². The molecule has 2 aromatic carbocycles. The first-order valence-corrected chi connectivity index (χ1v) is 11.0. The minimum Gasteiger partial charge on any atom is -0.338 e. The van der Waals surface area contributed by atoms with Crippen molar-refractivity contribution in [3.63, 3.8) is 0 Å². The molecule has 150 valence electrons.